The summed E-state index contributed by atoms with van der Waals surface area (Å²) >= 11 is 3.30. The highest BCUT2D eigenvalue weighted by molar-refractivity contribution is 9.10. The molecule has 0 saturated heterocycles. The second-order valence-electron chi connectivity index (χ2n) is 4.15. The van der Waals surface area contributed by atoms with E-state index in [0.717, 1.165) is 6.07 Å². The van der Waals surface area contributed by atoms with Crippen molar-refractivity contribution in [1.29, 1.82) is 0 Å². The minimum atomic E-state index is -1.60. The fourth-order valence-electron chi connectivity index (χ4n) is 1.88. The molecule has 2 aromatic carbocycles. The topological polar surface area (TPSA) is 20.2 Å². The van der Waals surface area contributed by atoms with Crippen molar-refractivity contribution >= 4 is 15.9 Å². The second kappa shape index (κ2) is 4.78. The molecule has 0 saturated carbocycles. The van der Waals surface area contributed by atoms with Crippen LogP contribution in [0.3, 0.4) is 0 Å². The lowest BCUT2D eigenvalue weighted by molar-refractivity contribution is 0.0962. The molecule has 0 aliphatic carbocycles. The third-order valence-corrected chi connectivity index (χ3v) is 3.57. The SMILES string of the molecule is CC(O)(c1ccccc1Br)c1cccc(F)c1F. The lowest BCUT2D eigenvalue weighted by Crippen LogP contribution is -2.25. The van der Waals surface area contributed by atoms with Crippen LogP contribution in [0.1, 0.15) is 18.1 Å². The van der Waals surface area contributed by atoms with Crippen molar-refractivity contribution in [3.8, 4) is 0 Å². The molecule has 0 radical (unpaired) electrons. The standard InChI is InChI=1S/C14H11BrF2O/c1-14(18,9-5-2-3-7-11(9)15)10-6-4-8-12(16)13(10)17/h2-8,18H,1H3. The number of hydrogen-bond donors (Lipinski definition) is 1. The van der Waals surface area contributed by atoms with E-state index < -0.39 is 17.2 Å². The lowest BCUT2D eigenvalue weighted by atomic mass is 9.88. The maximum Gasteiger partial charge on any atom is 0.165 e. The molecule has 1 unspecified atom stereocenters. The average molecular weight is 313 g/mol. The fourth-order valence-corrected chi connectivity index (χ4v) is 2.55. The molecule has 0 heterocycles. The number of aliphatic hydroxyl groups is 1. The van der Waals surface area contributed by atoms with Gasteiger partial charge in [-0.05, 0) is 19.1 Å². The predicted molar refractivity (Wildman–Crippen MR) is 69.2 cm³/mol. The molecule has 2 rings (SSSR count). The van der Waals surface area contributed by atoms with E-state index in [-0.39, 0.29) is 5.56 Å². The van der Waals surface area contributed by atoms with Crippen LogP contribution in [-0.4, -0.2) is 5.11 Å². The Bertz CT molecular complexity index is 582. The van der Waals surface area contributed by atoms with Crippen molar-refractivity contribution in [3.63, 3.8) is 0 Å². The zero-order valence-electron chi connectivity index (χ0n) is 9.62. The van der Waals surface area contributed by atoms with E-state index in [1.807, 2.05) is 0 Å². The molecule has 1 N–H and O–H groups in total. The van der Waals surface area contributed by atoms with E-state index >= 15 is 0 Å². The summed E-state index contributed by atoms with van der Waals surface area (Å²) in [6.45, 7) is 1.44. The second-order valence-corrected chi connectivity index (χ2v) is 5.01. The first-order chi connectivity index (χ1) is 8.44. The van der Waals surface area contributed by atoms with E-state index in [1.165, 1.54) is 19.1 Å². The predicted octanol–water partition coefficient (Wildman–Crippen LogP) is 3.98. The first-order valence-electron chi connectivity index (χ1n) is 5.36. The van der Waals surface area contributed by atoms with Gasteiger partial charge in [-0.15, -0.1) is 0 Å². The van der Waals surface area contributed by atoms with Gasteiger partial charge in [0.2, 0.25) is 0 Å². The Morgan fingerprint density at radius 1 is 1.00 bits per heavy atom. The van der Waals surface area contributed by atoms with Gasteiger partial charge in [0, 0.05) is 15.6 Å². The van der Waals surface area contributed by atoms with Crippen LogP contribution >= 0.6 is 15.9 Å². The largest absolute Gasteiger partial charge is 0.381 e. The lowest BCUT2D eigenvalue weighted by Gasteiger charge is -2.26. The molecule has 1 nitrogen and oxygen atoms in total. The summed E-state index contributed by atoms with van der Waals surface area (Å²) < 4.78 is 27.6. The van der Waals surface area contributed by atoms with E-state index in [9.17, 15) is 13.9 Å². The maximum absolute atomic E-state index is 13.8. The number of rotatable bonds is 2. The quantitative estimate of drug-likeness (QED) is 0.889. The van der Waals surface area contributed by atoms with Gasteiger partial charge < -0.3 is 5.11 Å². The first kappa shape index (κ1) is 13.2. The monoisotopic (exact) mass is 312 g/mol. The summed E-state index contributed by atoms with van der Waals surface area (Å²) in [4.78, 5) is 0. The normalized spacial score (nSPS) is 14.3. The van der Waals surface area contributed by atoms with Crippen LogP contribution in [-0.2, 0) is 5.60 Å². The van der Waals surface area contributed by atoms with Crippen LogP contribution in [0.5, 0.6) is 0 Å². The van der Waals surface area contributed by atoms with Crippen molar-refractivity contribution in [2.75, 3.05) is 0 Å². The Morgan fingerprint density at radius 2 is 1.61 bits per heavy atom. The van der Waals surface area contributed by atoms with Gasteiger partial charge in [-0.3, -0.25) is 0 Å². The van der Waals surface area contributed by atoms with Crippen molar-refractivity contribution in [2.45, 2.75) is 12.5 Å². The highest BCUT2D eigenvalue weighted by atomic mass is 79.9. The molecule has 0 aliphatic rings. The molecular weight excluding hydrogens is 302 g/mol. The molecule has 0 fully saturated rings. The van der Waals surface area contributed by atoms with E-state index in [4.69, 9.17) is 0 Å². The fraction of sp³-hybridized carbons (Fsp3) is 0.143. The molecule has 1 atom stereocenters. The number of hydrogen-bond acceptors (Lipinski definition) is 1. The van der Waals surface area contributed by atoms with Gasteiger partial charge in [-0.1, -0.05) is 46.3 Å². The van der Waals surface area contributed by atoms with Gasteiger partial charge in [-0.2, -0.15) is 0 Å². The van der Waals surface area contributed by atoms with Crippen LogP contribution in [0.2, 0.25) is 0 Å². The van der Waals surface area contributed by atoms with Crippen LogP contribution in [0.15, 0.2) is 46.9 Å². The third-order valence-electron chi connectivity index (χ3n) is 2.87. The molecule has 0 aromatic heterocycles. The van der Waals surface area contributed by atoms with Gasteiger partial charge in [-0.25, -0.2) is 8.78 Å². The summed E-state index contributed by atoms with van der Waals surface area (Å²) in [6.07, 6.45) is 0. The smallest absolute Gasteiger partial charge is 0.165 e. The Kier molecular flexibility index (Phi) is 3.50. The summed E-state index contributed by atoms with van der Waals surface area (Å²) in [6, 6.07) is 10.7. The van der Waals surface area contributed by atoms with Gasteiger partial charge in [0.15, 0.2) is 11.6 Å². The van der Waals surface area contributed by atoms with E-state index in [2.05, 4.69) is 15.9 Å². The Balaban J connectivity index is 2.62. The summed E-state index contributed by atoms with van der Waals surface area (Å²) in [5.41, 5.74) is -1.21. The Labute approximate surface area is 112 Å². The van der Waals surface area contributed by atoms with Gasteiger partial charge in [0.1, 0.15) is 5.60 Å². The number of halogens is 3. The van der Waals surface area contributed by atoms with Gasteiger partial charge in [0.05, 0.1) is 0 Å². The summed E-state index contributed by atoms with van der Waals surface area (Å²) in [7, 11) is 0. The molecule has 4 heteroatoms. The maximum atomic E-state index is 13.8. The van der Waals surface area contributed by atoms with Crippen molar-refractivity contribution in [1.82, 2.24) is 0 Å². The molecule has 0 spiro atoms. The zero-order chi connectivity index (χ0) is 13.3. The van der Waals surface area contributed by atoms with Crippen LogP contribution in [0.25, 0.3) is 0 Å². The summed E-state index contributed by atoms with van der Waals surface area (Å²) in [5.74, 6) is -2.00. The molecule has 18 heavy (non-hydrogen) atoms. The van der Waals surface area contributed by atoms with Crippen LogP contribution < -0.4 is 0 Å². The minimum Gasteiger partial charge on any atom is -0.381 e. The Morgan fingerprint density at radius 3 is 2.28 bits per heavy atom. The number of benzene rings is 2. The van der Waals surface area contributed by atoms with Crippen molar-refractivity contribution in [3.05, 3.63) is 69.7 Å². The summed E-state index contributed by atoms with van der Waals surface area (Å²) in [5, 5.41) is 10.5. The first-order valence-corrected chi connectivity index (χ1v) is 6.15. The average Bonchev–Trinajstić information content (AvgIpc) is 2.32. The minimum absolute atomic E-state index is 0.0885. The van der Waals surface area contributed by atoms with Gasteiger partial charge in [0.25, 0.3) is 0 Å². The Hall–Kier alpha value is -1.26. The van der Waals surface area contributed by atoms with Crippen molar-refractivity contribution in [2.24, 2.45) is 0 Å². The van der Waals surface area contributed by atoms with Crippen LogP contribution in [0.4, 0.5) is 8.78 Å². The van der Waals surface area contributed by atoms with Gasteiger partial charge >= 0.3 is 0 Å². The molecule has 0 aliphatic heterocycles. The van der Waals surface area contributed by atoms with E-state index in [1.54, 1.807) is 24.3 Å². The highest BCUT2D eigenvalue weighted by Gasteiger charge is 2.31. The third kappa shape index (κ3) is 2.18. The zero-order valence-corrected chi connectivity index (χ0v) is 11.2. The highest BCUT2D eigenvalue weighted by Crippen LogP contribution is 2.35. The van der Waals surface area contributed by atoms with E-state index in [0.29, 0.717) is 10.0 Å². The van der Waals surface area contributed by atoms with Crippen LogP contribution in [0, 0.1) is 11.6 Å². The van der Waals surface area contributed by atoms with Crippen molar-refractivity contribution < 1.29 is 13.9 Å². The molecular formula is C14H11BrF2O. The molecule has 0 bridgehead atoms. The molecule has 0 amide bonds. The molecule has 94 valence electrons. The molecule has 2 aromatic rings.